The van der Waals surface area contributed by atoms with E-state index in [9.17, 15) is 14.4 Å². The van der Waals surface area contributed by atoms with Gasteiger partial charge in [0.1, 0.15) is 11.6 Å². The Kier molecular flexibility index (Phi) is 6.74. The molecule has 0 spiro atoms. The molecule has 1 fully saturated rings. The van der Waals surface area contributed by atoms with Gasteiger partial charge in [0.05, 0.1) is 0 Å². The molecule has 2 atom stereocenters. The van der Waals surface area contributed by atoms with Gasteiger partial charge in [-0.3, -0.25) is 15.0 Å². The van der Waals surface area contributed by atoms with Crippen LogP contribution in [0.2, 0.25) is 0 Å². The molecule has 1 aromatic carbocycles. The number of nitrogens with one attached hydrogen (secondary N) is 2. The maximum Gasteiger partial charge on any atom is 0.344 e. The summed E-state index contributed by atoms with van der Waals surface area (Å²) in [4.78, 5) is 37.0. The zero-order valence-corrected chi connectivity index (χ0v) is 15.6. The SMILES string of the molecule is CCCCOC(C)C(=O)NN1C(=O)NC(C)(CCc2ccccc2)C1=O. The van der Waals surface area contributed by atoms with E-state index in [0.29, 0.717) is 19.4 Å². The fourth-order valence-corrected chi connectivity index (χ4v) is 2.68. The standard InChI is InChI=1S/C19H27N3O4/c1-4-5-13-26-14(2)16(23)21-22-17(24)19(3,20-18(22)25)12-11-15-9-7-6-8-10-15/h6-10,14H,4-5,11-13H2,1-3H3,(H,20,25)(H,21,23). The highest BCUT2D eigenvalue weighted by molar-refractivity contribution is 6.07. The third-order valence-corrected chi connectivity index (χ3v) is 4.47. The van der Waals surface area contributed by atoms with Gasteiger partial charge in [0.15, 0.2) is 0 Å². The molecular formula is C19H27N3O4. The fraction of sp³-hybridized carbons (Fsp3) is 0.526. The van der Waals surface area contributed by atoms with Crippen molar-refractivity contribution < 1.29 is 19.1 Å². The number of nitrogens with zero attached hydrogens (tertiary/aromatic N) is 1. The highest BCUT2D eigenvalue weighted by atomic mass is 16.5. The van der Waals surface area contributed by atoms with Crippen molar-refractivity contribution in [3.8, 4) is 0 Å². The minimum atomic E-state index is -1.05. The predicted octanol–water partition coefficient (Wildman–Crippen LogP) is 2.17. The molecule has 0 aromatic heterocycles. The van der Waals surface area contributed by atoms with E-state index < -0.39 is 29.5 Å². The van der Waals surface area contributed by atoms with Crippen molar-refractivity contribution in [2.75, 3.05) is 6.61 Å². The fourth-order valence-electron chi connectivity index (χ4n) is 2.68. The van der Waals surface area contributed by atoms with Crippen molar-refractivity contribution in [2.24, 2.45) is 0 Å². The Balaban J connectivity index is 1.93. The van der Waals surface area contributed by atoms with Crippen LogP contribution in [0.5, 0.6) is 0 Å². The summed E-state index contributed by atoms with van der Waals surface area (Å²) in [5, 5.41) is 3.44. The Morgan fingerprint density at radius 3 is 2.65 bits per heavy atom. The molecule has 7 nitrogen and oxygen atoms in total. The minimum Gasteiger partial charge on any atom is -0.369 e. The summed E-state index contributed by atoms with van der Waals surface area (Å²) in [6.07, 6.45) is 2.15. The van der Waals surface area contributed by atoms with E-state index in [1.54, 1.807) is 13.8 Å². The number of benzene rings is 1. The van der Waals surface area contributed by atoms with Crippen LogP contribution in [0.3, 0.4) is 0 Å². The van der Waals surface area contributed by atoms with Gasteiger partial charge in [-0.25, -0.2) is 4.79 Å². The molecule has 0 aliphatic carbocycles. The first-order chi connectivity index (χ1) is 12.4. The van der Waals surface area contributed by atoms with Crippen molar-refractivity contribution >= 4 is 17.8 Å². The second-order valence-corrected chi connectivity index (χ2v) is 6.73. The lowest BCUT2D eigenvalue weighted by molar-refractivity contribution is -0.143. The largest absolute Gasteiger partial charge is 0.369 e. The topological polar surface area (TPSA) is 87.7 Å². The smallest absolute Gasteiger partial charge is 0.344 e. The Morgan fingerprint density at radius 1 is 1.31 bits per heavy atom. The monoisotopic (exact) mass is 361 g/mol. The maximum atomic E-state index is 12.7. The Bertz CT molecular complexity index is 649. The van der Waals surface area contributed by atoms with Crippen molar-refractivity contribution in [2.45, 2.75) is 58.1 Å². The van der Waals surface area contributed by atoms with Crippen LogP contribution in [0.4, 0.5) is 4.79 Å². The Hall–Kier alpha value is -2.41. The van der Waals surface area contributed by atoms with Crippen molar-refractivity contribution in [1.82, 2.24) is 15.8 Å². The van der Waals surface area contributed by atoms with E-state index in [1.807, 2.05) is 37.3 Å². The predicted molar refractivity (Wildman–Crippen MR) is 97.0 cm³/mol. The number of ether oxygens (including phenoxy) is 1. The van der Waals surface area contributed by atoms with Crippen molar-refractivity contribution in [1.29, 1.82) is 0 Å². The van der Waals surface area contributed by atoms with Gasteiger partial charge in [0.25, 0.3) is 11.8 Å². The lowest BCUT2D eigenvalue weighted by atomic mass is 9.93. The number of hydrogen-bond donors (Lipinski definition) is 2. The number of amides is 4. The number of rotatable bonds is 9. The van der Waals surface area contributed by atoms with Crippen LogP contribution >= 0.6 is 0 Å². The number of imide groups is 1. The number of hydrazine groups is 1. The van der Waals surface area contributed by atoms with Crippen LogP contribution in [0, 0.1) is 0 Å². The van der Waals surface area contributed by atoms with Gasteiger partial charge in [-0.15, -0.1) is 0 Å². The molecule has 0 saturated carbocycles. The zero-order chi connectivity index (χ0) is 19.2. The number of aryl methyl sites for hydroxylation is 1. The first kappa shape index (κ1) is 19.9. The van der Waals surface area contributed by atoms with E-state index in [4.69, 9.17) is 4.74 Å². The third-order valence-electron chi connectivity index (χ3n) is 4.47. The maximum absolute atomic E-state index is 12.7. The third kappa shape index (κ3) is 4.82. The first-order valence-corrected chi connectivity index (χ1v) is 9.00. The average Bonchev–Trinajstić information content (AvgIpc) is 2.84. The normalized spacial score (nSPS) is 20.8. The lowest BCUT2D eigenvalue weighted by Crippen LogP contribution is -2.51. The highest BCUT2D eigenvalue weighted by Gasteiger charge is 2.48. The van der Waals surface area contributed by atoms with E-state index in [0.717, 1.165) is 23.4 Å². The summed E-state index contributed by atoms with van der Waals surface area (Å²) in [7, 11) is 0. The molecule has 2 unspecified atom stereocenters. The molecular weight excluding hydrogens is 334 g/mol. The molecule has 1 aromatic rings. The molecule has 4 amide bonds. The number of unbranched alkanes of at least 4 members (excludes halogenated alkanes) is 1. The first-order valence-electron chi connectivity index (χ1n) is 9.00. The van der Waals surface area contributed by atoms with E-state index in [-0.39, 0.29) is 0 Å². The van der Waals surface area contributed by atoms with Crippen LogP contribution in [0.1, 0.15) is 45.6 Å². The molecule has 0 radical (unpaired) electrons. The number of hydrogen-bond acceptors (Lipinski definition) is 4. The average molecular weight is 361 g/mol. The van der Waals surface area contributed by atoms with E-state index in [2.05, 4.69) is 10.7 Å². The molecule has 1 aliphatic rings. The molecule has 0 bridgehead atoms. The Labute approximate surface area is 154 Å². The summed E-state index contributed by atoms with van der Waals surface area (Å²) in [5.74, 6) is -0.982. The minimum absolute atomic E-state index is 0.441. The van der Waals surface area contributed by atoms with Gasteiger partial charge in [0.2, 0.25) is 0 Å². The van der Waals surface area contributed by atoms with Gasteiger partial charge in [-0.05, 0) is 38.7 Å². The van der Waals surface area contributed by atoms with Crippen LogP contribution in [-0.4, -0.2) is 41.1 Å². The van der Waals surface area contributed by atoms with Gasteiger partial charge < -0.3 is 10.1 Å². The molecule has 2 rings (SSSR count). The summed E-state index contributed by atoms with van der Waals surface area (Å²) in [6, 6.07) is 9.10. The van der Waals surface area contributed by atoms with E-state index >= 15 is 0 Å². The summed E-state index contributed by atoms with van der Waals surface area (Å²) in [6.45, 7) is 5.75. The zero-order valence-electron chi connectivity index (χ0n) is 15.6. The second kappa shape index (κ2) is 8.80. The summed E-state index contributed by atoms with van der Waals surface area (Å²) < 4.78 is 5.40. The van der Waals surface area contributed by atoms with Crippen LogP contribution in [0.25, 0.3) is 0 Å². The molecule has 2 N–H and O–H groups in total. The quantitative estimate of drug-likeness (QED) is 0.521. The lowest BCUT2D eigenvalue weighted by Gasteiger charge is -2.22. The molecule has 7 heteroatoms. The van der Waals surface area contributed by atoms with Crippen LogP contribution < -0.4 is 10.7 Å². The van der Waals surface area contributed by atoms with Crippen molar-refractivity contribution in [3.05, 3.63) is 35.9 Å². The summed E-state index contributed by atoms with van der Waals surface area (Å²) in [5.41, 5.74) is 2.40. The van der Waals surface area contributed by atoms with Gasteiger partial charge in [-0.2, -0.15) is 5.01 Å². The Morgan fingerprint density at radius 2 is 2.00 bits per heavy atom. The molecule has 1 saturated heterocycles. The number of urea groups is 1. The van der Waals surface area contributed by atoms with Gasteiger partial charge in [0, 0.05) is 6.61 Å². The molecule has 26 heavy (non-hydrogen) atoms. The number of carbonyl (C=O) groups excluding carboxylic acids is 3. The second-order valence-electron chi connectivity index (χ2n) is 6.73. The summed E-state index contributed by atoms with van der Waals surface area (Å²) >= 11 is 0. The van der Waals surface area contributed by atoms with Gasteiger partial charge in [-0.1, -0.05) is 43.7 Å². The molecule has 1 aliphatic heterocycles. The van der Waals surface area contributed by atoms with Gasteiger partial charge >= 0.3 is 6.03 Å². The van der Waals surface area contributed by atoms with Crippen LogP contribution in [-0.2, 0) is 20.7 Å². The number of carbonyl (C=O) groups is 3. The molecule has 1 heterocycles. The molecule has 142 valence electrons. The highest BCUT2D eigenvalue weighted by Crippen LogP contribution is 2.22. The van der Waals surface area contributed by atoms with Crippen LogP contribution in [0.15, 0.2) is 30.3 Å². The van der Waals surface area contributed by atoms with E-state index in [1.165, 1.54) is 0 Å². The van der Waals surface area contributed by atoms with Crippen molar-refractivity contribution in [3.63, 3.8) is 0 Å².